The Morgan fingerprint density at radius 3 is 1.11 bits per heavy atom. The average Bonchev–Trinajstić information content (AvgIpc) is 1.11. The van der Waals surface area contributed by atoms with Crippen molar-refractivity contribution in [2.45, 2.75) is 211 Å². The lowest BCUT2D eigenvalue weighted by atomic mass is 9.98. The first-order valence-corrected chi connectivity index (χ1v) is 43.0. The van der Waals surface area contributed by atoms with E-state index >= 15 is 0 Å². The predicted molar refractivity (Wildman–Crippen MR) is 461 cm³/mol. The van der Waals surface area contributed by atoms with Crippen LogP contribution in [0.1, 0.15) is 177 Å². The highest BCUT2D eigenvalue weighted by Crippen LogP contribution is 2.33. The first-order chi connectivity index (χ1) is 59.6. The maximum Gasteiger partial charge on any atom is 0.317 e. The summed E-state index contributed by atoms with van der Waals surface area (Å²) in [6.45, 7) is 6.99. The second kappa shape index (κ2) is 58.7. The van der Waals surface area contributed by atoms with Crippen molar-refractivity contribution in [2.75, 3.05) is 85.1 Å². The van der Waals surface area contributed by atoms with Crippen LogP contribution in [0.2, 0.25) is 0 Å². The topological polar surface area (TPSA) is 443 Å². The summed E-state index contributed by atoms with van der Waals surface area (Å²) in [6.07, 6.45) is 29.6. The van der Waals surface area contributed by atoms with Crippen LogP contribution in [-0.2, 0) is 50.2 Å². The molecular formula is C88H133N17O18. The van der Waals surface area contributed by atoms with Gasteiger partial charge in [-0.15, -0.1) is 0 Å². The van der Waals surface area contributed by atoms with Gasteiger partial charge in [-0.25, -0.2) is 49.3 Å². The van der Waals surface area contributed by atoms with Crippen molar-refractivity contribution in [3.63, 3.8) is 0 Å². The molecule has 678 valence electrons. The summed E-state index contributed by atoms with van der Waals surface area (Å²) in [5.74, 6) is 4.14. The number of hydroxylamine groups is 10. The summed E-state index contributed by atoms with van der Waals surface area (Å²) in [6, 6.07) is 33.7. The number of para-hydroxylation sites is 1. The van der Waals surface area contributed by atoms with Crippen molar-refractivity contribution in [3.8, 4) is 17.2 Å². The van der Waals surface area contributed by atoms with Gasteiger partial charge in [-0.3, -0.25) is 55.0 Å². The molecule has 10 rings (SSSR count). The largest absolute Gasteiger partial charge is 0.497 e. The zero-order valence-electron chi connectivity index (χ0n) is 71.8. The molecule has 35 nitrogen and oxygen atoms in total. The van der Waals surface area contributed by atoms with Crippen LogP contribution in [0, 0.1) is 23.7 Å². The van der Waals surface area contributed by atoms with Gasteiger partial charge in [0.25, 0.3) is 0 Å². The van der Waals surface area contributed by atoms with E-state index < -0.39 is 0 Å². The van der Waals surface area contributed by atoms with Gasteiger partial charge < -0.3 is 71.9 Å². The molecule has 1 aromatic heterocycles. The number of hydrogen-bond acceptors (Lipinski definition) is 20. The monoisotopic (exact) mass is 1720 g/mol. The van der Waals surface area contributed by atoms with E-state index in [9.17, 15) is 74.0 Å². The SMILES string of the molecule is CCCC[C@H](CN(O)C=O)NC(=O)NCc1ccccc1.COc1ccc(CNC(=O)N[C@H](CC2CCCC2)CN(O)C=O)cc1.COc1ccc(CNC(=O)N[C@H](CC2CCCC2)CN(O)C=O)cc1OC.O=CN(O)C[C@@H](CC1CCCC1)NC(=O)N1CCN(c2ccccc2)CC1.O=CN(O)C[C@@H](CC1CCCC1)NC(=O)NCc1ccncc1. The van der Waals surface area contributed by atoms with Crippen molar-refractivity contribution in [3.05, 3.63) is 150 Å². The Morgan fingerprint density at radius 2 is 0.740 bits per heavy atom. The molecule has 4 aliphatic carbocycles. The summed E-state index contributed by atoms with van der Waals surface area (Å²) < 4.78 is 15.6. The van der Waals surface area contributed by atoms with E-state index in [0.29, 0.717) is 138 Å². The maximum atomic E-state index is 12.7. The van der Waals surface area contributed by atoms with Crippen LogP contribution >= 0.6 is 0 Å². The number of methoxy groups -OCH3 is 3. The highest BCUT2D eigenvalue weighted by atomic mass is 16.5. The molecule has 15 amide bonds. The van der Waals surface area contributed by atoms with Gasteiger partial charge in [-0.2, -0.15) is 0 Å². The molecule has 4 saturated carbocycles. The van der Waals surface area contributed by atoms with Gasteiger partial charge in [0.05, 0.1) is 84.3 Å². The Hall–Kier alpha value is -11.3. The number of amides is 15. The van der Waals surface area contributed by atoms with Crippen molar-refractivity contribution < 1.29 is 88.2 Å². The molecule has 5 atom stereocenters. The third kappa shape index (κ3) is 41.4. The highest BCUT2D eigenvalue weighted by Gasteiger charge is 2.30. The van der Waals surface area contributed by atoms with Crippen molar-refractivity contribution in [1.29, 1.82) is 0 Å². The van der Waals surface area contributed by atoms with Crippen LogP contribution < -0.4 is 67.0 Å². The third-order valence-electron chi connectivity index (χ3n) is 22.3. The standard InChI is InChI=1S/C20H30N4O3.C19H29N3O5.C18H27N3O4.C16H24N4O3.C15H23N3O3/c25-16-24(27)15-18(14-17-6-4-5-7-17)21-20(26)23-12-10-22(11-13-23)19-8-2-1-3-9-19;1-26-17-8-7-15(10-18(17)27-2)11-20-19(24)21-16(12-22(25)13-23)9-14-5-3-4-6-14;1-25-17-8-6-15(7-9-17)11-19-18(23)20-16(12-21(24)13-22)10-14-4-2-3-5-14;21-12-20(23)11-15(9-13-3-1-2-4-13)19-16(22)18-10-14-5-7-17-8-6-14;1-2-3-9-14(11-18(21)12-19)17-15(20)16-10-13-7-5-4-6-8-13/h1-3,8-9,16-18,27H,4-7,10-15H2,(H,21,26);7-8,10,13-14,16,25H,3-6,9,11-12H2,1-2H3,(H2,20,21,24);6-9,13-14,16,24H,2-5,10-12H2,1H3,(H2,19,20,23);5-8,12-13,15,23H,1-4,9-11H2,(H2,18,19,22);4-8,12,14,21H,2-3,9-11H2,1H3,(H2,16,17,20)/t18-;2*16-;15-;14-/m11111/s1. The Labute approximate surface area is 722 Å². The van der Waals surface area contributed by atoms with E-state index in [-0.39, 0.29) is 93.1 Å². The fourth-order valence-corrected chi connectivity index (χ4v) is 15.9. The summed E-state index contributed by atoms with van der Waals surface area (Å²) in [7, 11) is 4.73. The summed E-state index contributed by atoms with van der Waals surface area (Å²) in [4.78, 5) is 122. The number of ether oxygens (including phenoxy) is 3. The van der Waals surface area contributed by atoms with E-state index in [1.807, 2.05) is 103 Å². The number of unbranched alkanes of at least 4 members (excludes halogenated alkanes) is 1. The van der Waals surface area contributed by atoms with Gasteiger partial charge in [0.2, 0.25) is 32.1 Å². The third-order valence-corrected chi connectivity index (χ3v) is 22.3. The zero-order valence-corrected chi connectivity index (χ0v) is 71.8. The number of pyridine rings is 1. The van der Waals surface area contributed by atoms with Crippen LogP contribution in [0.4, 0.5) is 29.7 Å². The number of rotatable bonds is 43. The molecular weight excluding hydrogens is 1580 g/mol. The van der Waals surface area contributed by atoms with E-state index in [0.717, 1.165) is 131 Å². The maximum absolute atomic E-state index is 12.7. The number of piperazine rings is 1. The molecule has 0 spiro atoms. The highest BCUT2D eigenvalue weighted by molar-refractivity contribution is 5.76. The molecule has 5 aliphatic rings. The van der Waals surface area contributed by atoms with Gasteiger partial charge in [-0.1, -0.05) is 189 Å². The second-order valence-corrected chi connectivity index (χ2v) is 31.8. The molecule has 35 heteroatoms. The number of nitrogens with zero attached hydrogens (tertiary/aromatic N) is 8. The minimum absolute atomic E-state index is 0.0732. The minimum atomic E-state index is -0.341. The Kier molecular flexibility index (Phi) is 48.0. The Morgan fingerprint density at radius 1 is 0.407 bits per heavy atom. The van der Waals surface area contributed by atoms with Gasteiger partial charge >= 0.3 is 30.2 Å². The lowest BCUT2D eigenvalue weighted by molar-refractivity contribution is -0.151. The van der Waals surface area contributed by atoms with Crippen LogP contribution in [-0.4, -0.2) is 234 Å². The summed E-state index contributed by atoms with van der Waals surface area (Å²) in [5, 5.41) is 75.7. The zero-order chi connectivity index (χ0) is 88.8. The van der Waals surface area contributed by atoms with Crippen LogP contribution in [0.3, 0.4) is 0 Å². The van der Waals surface area contributed by atoms with E-state index in [4.69, 9.17) is 14.2 Å². The van der Waals surface area contributed by atoms with E-state index in [2.05, 4.69) is 69.9 Å². The Bertz CT molecular complexity index is 3810. The lowest BCUT2D eigenvalue weighted by Crippen LogP contribution is -2.55. The number of carbonyl (C=O) groups excluding carboxylic acids is 10. The molecule has 4 aromatic carbocycles. The summed E-state index contributed by atoms with van der Waals surface area (Å²) >= 11 is 0. The molecule has 1 saturated heterocycles. The molecule has 0 radical (unpaired) electrons. The minimum Gasteiger partial charge on any atom is -0.497 e. The number of anilines is 1. The Balaban J connectivity index is 0.000000239. The quantitative estimate of drug-likeness (QED) is 0.00979. The first kappa shape index (κ1) is 101. The van der Waals surface area contributed by atoms with Crippen LogP contribution in [0.15, 0.2) is 128 Å². The molecule has 2 heterocycles. The van der Waals surface area contributed by atoms with Crippen molar-refractivity contribution >= 4 is 67.9 Å². The normalized spacial score (nSPS) is 15.6. The predicted octanol–water partition coefficient (Wildman–Crippen LogP) is 10.5. The number of carbonyl (C=O) groups is 10. The van der Waals surface area contributed by atoms with Crippen molar-refractivity contribution in [2.24, 2.45) is 23.7 Å². The van der Waals surface area contributed by atoms with Crippen LogP contribution in [0.25, 0.3) is 0 Å². The van der Waals surface area contributed by atoms with Gasteiger partial charge in [0, 0.05) is 70.4 Å². The summed E-state index contributed by atoms with van der Waals surface area (Å²) in [5.41, 5.74) is 4.97. The second-order valence-electron chi connectivity index (χ2n) is 31.8. The van der Waals surface area contributed by atoms with E-state index in [1.165, 1.54) is 57.1 Å². The molecule has 1 aliphatic heterocycles. The fraction of sp³-hybridized carbons (Fsp3) is 0.557. The number of aromatic nitrogens is 1. The van der Waals surface area contributed by atoms with Crippen molar-refractivity contribution in [1.82, 2.24) is 83.1 Å². The molecule has 0 bridgehead atoms. The smallest absolute Gasteiger partial charge is 0.317 e. The van der Waals surface area contributed by atoms with Crippen LogP contribution in [0.5, 0.6) is 17.2 Å². The number of nitrogens with one attached hydrogen (secondary N) is 9. The van der Waals surface area contributed by atoms with Gasteiger partial charge in [0.15, 0.2) is 11.5 Å². The van der Waals surface area contributed by atoms with E-state index in [1.54, 1.807) is 45.9 Å². The molecule has 0 unspecified atom stereocenters. The molecule has 123 heavy (non-hydrogen) atoms. The van der Waals surface area contributed by atoms with Gasteiger partial charge in [-0.05, 0) is 127 Å². The fourth-order valence-electron chi connectivity index (χ4n) is 15.9. The molecule has 5 fully saturated rings. The first-order valence-electron chi connectivity index (χ1n) is 43.0. The average molecular weight is 1720 g/mol. The lowest BCUT2D eigenvalue weighted by Gasteiger charge is -2.37. The molecule has 5 aromatic rings. The number of hydrogen-bond donors (Lipinski definition) is 14. The number of benzene rings is 4. The number of urea groups is 5. The van der Waals surface area contributed by atoms with Gasteiger partial charge in [0.1, 0.15) is 5.75 Å². The molecule has 14 N–H and O–H groups in total.